The summed E-state index contributed by atoms with van der Waals surface area (Å²) in [5, 5.41) is 0. The normalized spacial score (nSPS) is 19.6. The van der Waals surface area contributed by atoms with Crippen LogP contribution in [0.25, 0.3) is 0 Å². The lowest BCUT2D eigenvalue weighted by Crippen LogP contribution is -2.45. The molecule has 1 unspecified atom stereocenters. The standard InChI is InChI=1S/C21H26N4O3S/c1-16(20-6-2-3-12-23-20)25(18-7-8-18)21(26)17-9-13-24(14-10-17)29(27,28)19-5-4-11-22-15-19/h2-6,11-12,15-18H,7-10,13-14H2,1H3. The van der Waals surface area contributed by atoms with Gasteiger partial charge in [0.2, 0.25) is 15.9 Å². The monoisotopic (exact) mass is 414 g/mol. The Morgan fingerprint density at radius 3 is 2.45 bits per heavy atom. The first-order valence-corrected chi connectivity index (χ1v) is 11.6. The van der Waals surface area contributed by atoms with Crippen molar-refractivity contribution < 1.29 is 13.2 Å². The molecule has 1 saturated carbocycles. The molecule has 2 aliphatic rings. The molecule has 1 aliphatic carbocycles. The van der Waals surface area contributed by atoms with Crippen LogP contribution in [0.1, 0.15) is 44.3 Å². The zero-order chi connectivity index (χ0) is 20.4. The average molecular weight is 415 g/mol. The lowest BCUT2D eigenvalue weighted by atomic mass is 9.95. The van der Waals surface area contributed by atoms with Crippen LogP contribution in [-0.2, 0) is 14.8 Å². The Bertz CT molecular complexity index is 940. The van der Waals surface area contributed by atoms with Crippen LogP contribution in [0.3, 0.4) is 0 Å². The maximum atomic E-state index is 13.3. The molecule has 0 N–H and O–H groups in total. The number of carbonyl (C=O) groups excluding carboxylic acids is 1. The number of aromatic nitrogens is 2. The average Bonchev–Trinajstić information content (AvgIpc) is 3.60. The topological polar surface area (TPSA) is 83.5 Å². The van der Waals surface area contributed by atoms with Crippen LogP contribution in [0.5, 0.6) is 0 Å². The van der Waals surface area contributed by atoms with Gasteiger partial charge in [-0.05, 0) is 56.9 Å². The summed E-state index contributed by atoms with van der Waals surface area (Å²) in [6.07, 6.45) is 7.81. The second-order valence-electron chi connectivity index (χ2n) is 7.77. The molecular formula is C21H26N4O3S. The van der Waals surface area contributed by atoms with E-state index in [4.69, 9.17) is 0 Å². The Labute approximate surface area is 171 Å². The Morgan fingerprint density at radius 2 is 1.86 bits per heavy atom. The lowest BCUT2D eigenvalue weighted by molar-refractivity contribution is -0.139. The van der Waals surface area contributed by atoms with Crippen molar-refractivity contribution >= 4 is 15.9 Å². The van der Waals surface area contributed by atoms with Gasteiger partial charge in [0.15, 0.2) is 0 Å². The number of carbonyl (C=O) groups is 1. The number of sulfonamides is 1. The van der Waals surface area contributed by atoms with Gasteiger partial charge in [0, 0.05) is 43.6 Å². The van der Waals surface area contributed by atoms with Crippen LogP contribution in [0, 0.1) is 5.92 Å². The number of rotatable bonds is 6. The van der Waals surface area contributed by atoms with Crippen LogP contribution in [0.15, 0.2) is 53.8 Å². The van der Waals surface area contributed by atoms with Crippen molar-refractivity contribution in [2.45, 2.75) is 49.6 Å². The van der Waals surface area contributed by atoms with E-state index in [1.807, 2.05) is 30.0 Å². The summed E-state index contributed by atoms with van der Waals surface area (Å²) in [6, 6.07) is 9.15. The van der Waals surface area contributed by atoms with Gasteiger partial charge < -0.3 is 4.90 Å². The quantitative estimate of drug-likeness (QED) is 0.726. The highest BCUT2D eigenvalue weighted by molar-refractivity contribution is 7.89. The van der Waals surface area contributed by atoms with Crippen LogP contribution in [0.2, 0.25) is 0 Å². The van der Waals surface area contributed by atoms with E-state index in [1.54, 1.807) is 24.5 Å². The molecule has 1 saturated heterocycles. The number of hydrogen-bond acceptors (Lipinski definition) is 5. The van der Waals surface area contributed by atoms with Gasteiger partial charge >= 0.3 is 0 Å². The highest BCUT2D eigenvalue weighted by atomic mass is 32.2. The van der Waals surface area contributed by atoms with Gasteiger partial charge in [-0.3, -0.25) is 14.8 Å². The molecule has 2 aromatic rings. The molecule has 0 bridgehead atoms. The molecule has 29 heavy (non-hydrogen) atoms. The Kier molecular flexibility index (Phi) is 5.65. The molecule has 2 aromatic heterocycles. The summed E-state index contributed by atoms with van der Waals surface area (Å²) in [7, 11) is -3.56. The first kappa shape index (κ1) is 20.0. The van der Waals surface area contributed by atoms with Gasteiger partial charge in [-0.25, -0.2) is 8.42 Å². The van der Waals surface area contributed by atoms with Gasteiger partial charge in [0.1, 0.15) is 4.90 Å². The van der Waals surface area contributed by atoms with E-state index in [0.29, 0.717) is 25.9 Å². The van der Waals surface area contributed by atoms with E-state index >= 15 is 0 Å². The first-order chi connectivity index (χ1) is 14.0. The van der Waals surface area contributed by atoms with Crippen molar-refractivity contribution in [1.29, 1.82) is 0 Å². The zero-order valence-corrected chi connectivity index (χ0v) is 17.3. The van der Waals surface area contributed by atoms with E-state index in [1.165, 1.54) is 10.5 Å². The van der Waals surface area contributed by atoms with E-state index in [-0.39, 0.29) is 28.8 Å². The molecule has 1 atom stereocenters. The largest absolute Gasteiger partial charge is 0.331 e. The summed E-state index contributed by atoms with van der Waals surface area (Å²) in [5.74, 6) is -0.0220. The molecule has 7 nitrogen and oxygen atoms in total. The molecule has 0 aromatic carbocycles. The number of hydrogen-bond donors (Lipinski definition) is 0. The van der Waals surface area contributed by atoms with Crippen molar-refractivity contribution in [3.8, 4) is 0 Å². The fourth-order valence-corrected chi connectivity index (χ4v) is 5.44. The summed E-state index contributed by atoms with van der Waals surface area (Å²) in [5.41, 5.74) is 0.893. The van der Waals surface area contributed by atoms with Gasteiger partial charge in [0.25, 0.3) is 0 Å². The van der Waals surface area contributed by atoms with Crippen molar-refractivity contribution in [3.63, 3.8) is 0 Å². The van der Waals surface area contributed by atoms with Crippen molar-refractivity contribution in [3.05, 3.63) is 54.6 Å². The molecule has 8 heteroatoms. The maximum Gasteiger partial charge on any atom is 0.244 e. The third-order valence-corrected chi connectivity index (χ3v) is 7.69. The van der Waals surface area contributed by atoms with Gasteiger partial charge in [-0.15, -0.1) is 0 Å². The number of pyridine rings is 2. The highest BCUT2D eigenvalue weighted by Crippen LogP contribution is 2.36. The van der Waals surface area contributed by atoms with Crippen LogP contribution >= 0.6 is 0 Å². The predicted molar refractivity (Wildman–Crippen MR) is 108 cm³/mol. The molecule has 2 fully saturated rings. The number of nitrogens with zero attached hydrogens (tertiary/aromatic N) is 4. The minimum absolute atomic E-state index is 0.0756. The third-order valence-electron chi connectivity index (χ3n) is 5.80. The third kappa shape index (κ3) is 4.18. The van der Waals surface area contributed by atoms with E-state index < -0.39 is 10.0 Å². The van der Waals surface area contributed by atoms with E-state index in [9.17, 15) is 13.2 Å². The Balaban J connectivity index is 1.44. The summed E-state index contributed by atoms with van der Waals surface area (Å²) in [4.78, 5) is 23.9. The minimum Gasteiger partial charge on any atom is -0.331 e. The molecular weight excluding hydrogens is 388 g/mol. The number of amides is 1. The van der Waals surface area contributed by atoms with Crippen LogP contribution in [0.4, 0.5) is 0 Å². The van der Waals surface area contributed by atoms with Crippen molar-refractivity contribution in [2.24, 2.45) is 5.92 Å². The second-order valence-corrected chi connectivity index (χ2v) is 9.71. The van der Waals surface area contributed by atoms with Gasteiger partial charge in [0.05, 0.1) is 11.7 Å². The molecule has 0 radical (unpaired) electrons. The lowest BCUT2D eigenvalue weighted by Gasteiger charge is -2.36. The van der Waals surface area contributed by atoms with Crippen LogP contribution in [-0.4, -0.2) is 52.6 Å². The molecule has 1 amide bonds. The summed E-state index contributed by atoms with van der Waals surface area (Å²) in [6.45, 7) is 2.73. The van der Waals surface area contributed by atoms with Crippen molar-refractivity contribution in [1.82, 2.24) is 19.2 Å². The molecule has 3 heterocycles. The fraction of sp³-hybridized carbons (Fsp3) is 0.476. The van der Waals surface area contributed by atoms with Crippen LogP contribution < -0.4 is 0 Å². The fourth-order valence-electron chi connectivity index (χ4n) is 4.01. The maximum absolute atomic E-state index is 13.3. The SMILES string of the molecule is CC(c1ccccn1)N(C(=O)C1CCN(S(=O)(=O)c2cccnc2)CC1)C1CC1. The Morgan fingerprint density at radius 1 is 1.10 bits per heavy atom. The molecule has 4 rings (SSSR count). The summed E-state index contributed by atoms with van der Waals surface area (Å²) < 4.78 is 27.1. The van der Waals surface area contributed by atoms with Crippen molar-refractivity contribution in [2.75, 3.05) is 13.1 Å². The predicted octanol–water partition coefficient (Wildman–Crippen LogP) is 2.63. The molecule has 0 spiro atoms. The summed E-state index contributed by atoms with van der Waals surface area (Å²) >= 11 is 0. The number of piperidine rings is 1. The van der Waals surface area contributed by atoms with E-state index in [2.05, 4.69) is 9.97 Å². The van der Waals surface area contributed by atoms with Gasteiger partial charge in [-0.2, -0.15) is 4.31 Å². The highest BCUT2D eigenvalue weighted by Gasteiger charge is 2.41. The zero-order valence-electron chi connectivity index (χ0n) is 16.5. The second kappa shape index (κ2) is 8.20. The first-order valence-electron chi connectivity index (χ1n) is 10.1. The smallest absolute Gasteiger partial charge is 0.244 e. The van der Waals surface area contributed by atoms with E-state index in [0.717, 1.165) is 18.5 Å². The molecule has 154 valence electrons. The van der Waals surface area contributed by atoms with Gasteiger partial charge in [-0.1, -0.05) is 6.07 Å². The molecule has 1 aliphatic heterocycles. The Hall–Kier alpha value is -2.32. The minimum atomic E-state index is -3.56.